The topological polar surface area (TPSA) is 88.5 Å². The van der Waals surface area contributed by atoms with Gasteiger partial charge in [0.1, 0.15) is 6.54 Å². The van der Waals surface area contributed by atoms with Crippen LogP contribution in [0, 0.1) is 0 Å². The van der Waals surface area contributed by atoms with Gasteiger partial charge in [-0.25, -0.2) is 9.78 Å². The third kappa shape index (κ3) is 6.67. The number of hydrogen-bond donors (Lipinski definition) is 2. The molecule has 0 aliphatic carbocycles. The van der Waals surface area contributed by atoms with Crippen molar-refractivity contribution in [3.05, 3.63) is 66.4 Å². The molecule has 2 aromatic carbocycles. The molecule has 1 unspecified atom stereocenters. The van der Waals surface area contributed by atoms with Crippen LogP contribution >= 0.6 is 0 Å². The molecule has 1 aromatic heterocycles. The Bertz CT molecular complexity index is 1210. The molecule has 196 valence electrons. The van der Waals surface area contributed by atoms with Crippen LogP contribution in [-0.4, -0.2) is 58.7 Å². The maximum absolute atomic E-state index is 13.1. The Morgan fingerprint density at radius 3 is 2.49 bits per heavy atom. The van der Waals surface area contributed by atoms with Crippen LogP contribution in [0.1, 0.15) is 25.3 Å². The van der Waals surface area contributed by atoms with E-state index in [4.69, 9.17) is 4.74 Å². The van der Waals surface area contributed by atoms with Crippen LogP contribution in [0.2, 0.25) is 0 Å². The van der Waals surface area contributed by atoms with Crippen LogP contribution in [0.5, 0.6) is 0 Å². The first-order valence-electron chi connectivity index (χ1n) is 12.0. The van der Waals surface area contributed by atoms with Crippen molar-refractivity contribution in [1.29, 1.82) is 0 Å². The van der Waals surface area contributed by atoms with Gasteiger partial charge in [0, 0.05) is 37.1 Å². The summed E-state index contributed by atoms with van der Waals surface area (Å²) < 4.78 is 46.3. The second kappa shape index (κ2) is 11.5. The summed E-state index contributed by atoms with van der Waals surface area (Å²) >= 11 is 0. The minimum Gasteiger partial charge on any atom is -0.376 e. The number of nitrogens with one attached hydrogen (secondary N) is 2. The van der Waals surface area contributed by atoms with Crippen LogP contribution in [-0.2, 0) is 15.7 Å². The van der Waals surface area contributed by atoms with E-state index in [1.54, 1.807) is 13.1 Å². The monoisotopic (exact) mass is 515 g/mol. The molecule has 2 heterocycles. The molecular weight excluding hydrogens is 487 g/mol. The molecule has 3 aromatic rings. The normalized spacial score (nSPS) is 15.4. The standard InChI is InChI=1S/C26H28F3N5O3/c1-2-30-25(36)33(15-21-9-6-14-37-21)17-23(35)32-24-31-22(18-7-4-3-5-8-18)16-34(24)20-12-10-19(11-13-20)26(27,28)29/h3-5,7-8,10-13,16,21H,2,6,9,14-15,17H2,1H3,(H,30,36)(H,31,32,35). The molecule has 4 rings (SSSR count). The van der Waals surface area contributed by atoms with Crippen molar-refractivity contribution in [1.82, 2.24) is 19.8 Å². The Hall–Kier alpha value is -3.86. The van der Waals surface area contributed by atoms with E-state index in [1.165, 1.54) is 21.6 Å². The number of alkyl halides is 3. The van der Waals surface area contributed by atoms with E-state index < -0.39 is 17.6 Å². The molecule has 37 heavy (non-hydrogen) atoms. The predicted molar refractivity (Wildman–Crippen MR) is 132 cm³/mol. The molecule has 1 fully saturated rings. The number of carbonyl (C=O) groups excluding carboxylic acids is 2. The molecule has 3 amide bonds. The average molecular weight is 516 g/mol. The number of halogens is 3. The Kier molecular flexibility index (Phi) is 8.12. The van der Waals surface area contributed by atoms with E-state index in [9.17, 15) is 22.8 Å². The number of anilines is 1. The van der Waals surface area contributed by atoms with Crippen LogP contribution in [0.4, 0.5) is 23.9 Å². The largest absolute Gasteiger partial charge is 0.416 e. The van der Waals surface area contributed by atoms with Crippen molar-refractivity contribution >= 4 is 17.9 Å². The van der Waals surface area contributed by atoms with Gasteiger partial charge in [0.05, 0.1) is 17.4 Å². The predicted octanol–water partition coefficient (Wildman–Crippen LogP) is 4.71. The van der Waals surface area contributed by atoms with Crippen molar-refractivity contribution in [2.45, 2.75) is 32.0 Å². The second-order valence-electron chi connectivity index (χ2n) is 8.63. The number of rotatable bonds is 8. The van der Waals surface area contributed by atoms with Crippen LogP contribution in [0.25, 0.3) is 16.9 Å². The molecular formula is C26H28F3N5O3. The highest BCUT2D eigenvalue weighted by Gasteiger charge is 2.30. The number of hydrogen-bond acceptors (Lipinski definition) is 4. The third-order valence-electron chi connectivity index (χ3n) is 5.90. The number of urea groups is 1. The van der Waals surface area contributed by atoms with Crippen molar-refractivity contribution in [3.63, 3.8) is 0 Å². The van der Waals surface area contributed by atoms with Gasteiger partial charge in [-0.05, 0) is 44.0 Å². The van der Waals surface area contributed by atoms with Gasteiger partial charge in [-0.2, -0.15) is 13.2 Å². The summed E-state index contributed by atoms with van der Waals surface area (Å²) in [7, 11) is 0. The lowest BCUT2D eigenvalue weighted by Crippen LogP contribution is -2.47. The molecule has 1 atom stereocenters. The summed E-state index contributed by atoms with van der Waals surface area (Å²) in [4.78, 5) is 31.5. The van der Waals surface area contributed by atoms with Gasteiger partial charge < -0.3 is 15.0 Å². The van der Waals surface area contributed by atoms with Crippen molar-refractivity contribution in [2.75, 3.05) is 31.6 Å². The van der Waals surface area contributed by atoms with Gasteiger partial charge in [-0.1, -0.05) is 30.3 Å². The third-order valence-corrected chi connectivity index (χ3v) is 5.90. The maximum Gasteiger partial charge on any atom is 0.416 e. The number of imidazole rings is 1. The molecule has 11 heteroatoms. The summed E-state index contributed by atoms with van der Waals surface area (Å²) in [5.41, 5.74) is 0.900. The van der Waals surface area contributed by atoms with Crippen molar-refractivity contribution in [2.24, 2.45) is 0 Å². The van der Waals surface area contributed by atoms with Crippen molar-refractivity contribution < 1.29 is 27.5 Å². The molecule has 2 N–H and O–H groups in total. The fourth-order valence-corrected chi connectivity index (χ4v) is 4.08. The van der Waals surface area contributed by atoms with E-state index in [-0.39, 0.29) is 31.2 Å². The van der Waals surface area contributed by atoms with E-state index in [0.717, 1.165) is 30.5 Å². The minimum atomic E-state index is -4.47. The highest BCUT2D eigenvalue weighted by molar-refractivity contribution is 5.93. The minimum absolute atomic E-state index is 0.122. The molecule has 0 saturated carbocycles. The van der Waals surface area contributed by atoms with Gasteiger partial charge in [-0.15, -0.1) is 0 Å². The van der Waals surface area contributed by atoms with Gasteiger partial charge in [0.15, 0.2) is 0 Å². The average Bonchev–Trinajstić information content (AvgIpc) is 3.54. The van der Waals surface area contributed by atoms with Crippen LogP contribution in [0.3, 0.4) is 0 Å². The lowest BCUT2D eigenvalue weighted by atomic mass is 10.2. The number of ether oxygens (including phenoxy) is 1. The Balaban J connectivity index is 1.59. The Labute approximate surface area is 212 Å². The molecule has 0 spiro atoms. The molecule has 0 radical (unpaired) electrons. The SMILES string of the molecule is CCNC(=O)N(CC(=O)Nc1nc(-c2ccccc2)cn1-c1ccc(C(F)(F)F)cc1)CC1CCCO1. The zero-order chi connectivity index (χ0) is 26.4. The molecule has 1 aliphatic rings. The van der Waals surface area contributed by atoms with Gasteiger partial charge in [0.2, 0.25) is 11.9 Å². The van der Waals surface area contributed by atoms with Gasteiger partial charge in [0.25, 0.3) is 0 Å². The first kappa shape index (κ1) is 26.2. The lowest BCUT2D eigenvalue weighted by Gasteiger charge is -2.25. The lowest BCUT2D eigenvalue weighted by molar-refractivity contribution is -0.137. The number of carbonyl (C=O) groups is 2. The highest BCUT2D eigenvalue weighted by atomic mass is 19.4. The van der Waals surface area contributed by atoms with E-state index in [0.29, 0.717) is 24.5 Å². The number of amides is 3. The smallest absolute Gasteiger partial charge is 0.376 e. The van der Waals surface area contributed by atoms with Crippen LogP contribution in [0.15, 0.2) is 60.8 Å². The molecule has 8 nitrogen and oxygen atoms in total. The van der Waals surface area contributed by atoms with Gasteiger partial charge >= 0.3 is 12.2 Å². The molecule has 1 aliphatic heterocycles. The second-order valence-corrected chi connectivity index (χ2v) is 8.63. The summed E-state index contributed by atoms with van der Waals surface area (Å²) in [6.07, 6.45) is -1.27. The maximum atomic E-state index is 13.1. The first-order valence-corrected chi connectivity index (χ1v) is 12.0. The summed E-state index contributed by atoms with van der Waals surface area (Å²) in [6.45, 7) is 2.83. The summed E-state index contributed by atoms with van der Waals surface area (Å²) in [6, 6.07) is 13.4. The highest BCUT2D eigenvalue weighted by Crippen LogP contribution is 2.31. The van der Waals surface area contributed by atoms with E-state index in [2.05, 4.69) is 15.6 Å². The summed E-state index contributed by atoms with van der Waals surface area (Å²) in [5.74, 6) is -0.376. The Morgan fingerprint density at radius 1 is 1.14 bits per heavy atom. The van der Waals surface area contributed by atoms with E-state index >= 15 is 0 Å². The fourth-order valence-electron chi connectivity index (χ4n) is 4.08. The number of benzene rings is 2. The molecule has 1 saturated heterocycles. The zero-order valence-electron chi connectivity index (χ0n) is 20.3. The number of aromatic nitrogens is 2. The fraction of sp³-hybridized carbons (Fsp3) is 0.346. The molecule has 0 bridgehead atoms. The zero-order valence-corrected chi connectivity index (χ0v) is 20.3. The first-order chi connectivity index (χ1) is 17.7. The van der Waals surface area contributed by atoms with Gasteiger partial charge in [-0.3, -0.25) is 14.7 Å². The summed E-state index contributed by atoms with van der Waals surface area (Å²) in [5, 5.41) is 5.43. The quantitative estimate of drug-likeness (QED) is 0.455. The Morgan fingerprint density at radius 2 is 1.86 bits per heavy atom. The van der Waals surface area contributed by atoms with E-state index in [1.807, 2.05) is 30.3 Å². The van der Waals surface area contributed by atoms with Crippen LogP contribution < -0.4 is 10.6 Å². The van der Waals surface area contributed by atoms with Crippen molar-refractivity contribution in [3.8, 4) is 16.9 Å². The number of nitrogens with zero attached hydrogens (tertiary/aromatic N) is 3.